The third-order valence-corrected chi connectivity index (χ3v) is 4.40. The Bertz CT molecular complexity index is 349. The van der Waals surface area contributed by atoms with E-state index in [2.05, 4.69) is 49.2 Å². The molecule has 0 spiro atoms. The average molecular weight is 246 g/mol. The Balaban J connectivity index is 1.96. The molecule has 3 unspecified atom stereocenters. The van der Waals surface area contributed by atoms with Crippen molar-refractivity contribution in [2.24, 2.45) is 11.7 Å². The molecule has 2 heteroatoms. The first-order valence-corrected chi connectivity index (χ1v) is 7.20. The molecule has 1 aliphatic carbocycles. The molecule has 1 fully saturated rings. The normalized spacial score (nSPS) is 28.6. The zero-order chi connectivity index (χ0) is 13.0. The number of hydrogen-bond donors (Lipinski definition) is 1. The van der Waals surface area contributed by atoms with E-state index < -0.39 is 0 Å². The Hall–Kier alpha value is -0.860. The van der Waals surface area contributed by atoms with Crippen LogP contribution in [0, 0.1) is 5.92 Å². The van der Waals surface area contributed by atoms with Gasteiger partial charge in [0.15, 0.2) is 0 Å². The van der Waals surface area contributed by atoms with E-state index in [1.165, 1.54) is 31.2 Å². The molecule has 2 N–H and O–H groups in total. The number of hydrogen-bond acceptors (Lipinski definition) is 2. The van der Waals surface area contributed by atoms with Crippen LogP contribution in [0.3, 0.4) is 0 Å². The molecule has 1 saturated carbocycles. The summed E-state index contributed by atoms with van der Waals surface area (Å²) < 4.78 is 0. The second-order valence-corrected chi connectivity index (χ2v) is 5.72. The minimum atomic E-state index is 0.349. The minimum Gasteiger partial charge on any atom is -0.326 e. The van der Waals surface area contributed by atoms with E-state index in [1.54, 1.807) is 0 Å². The molecule has 0 saturated heterocycles. The van der Waals surface area contributed by atoms with Gasteiger partial charge in [0.1, 0.15) is 0 Å². The summed E-state index contributed by atoms with van der Waals surface area (Å²) in [5.74, 6) is 0.869. The number of benzene rings is 1. The van der Waals surface area contributed by atoms with Gasteiger partial charge in [-0.05, 0) is 37.8 Å². The van der Waals surface area contributed by atoms with Crippen molar-refractivity contribution in [3.05, 3.63) is 35.9 Å². The number of rotatable bonds is 4. The van der Waals surface area contributed by atoms with Crippen LogP contribution in [0.25, 0.3) is 0 Å². The molecule has 0 bridgehead atoms. The SMILES string of the molecule is CCC1CCC(N)C(N(C)Cc2ccccc2)C1. The van der Waals surface area contributed by atoms with Gasteiger partial charge in [0.2, 0.25) is 0 Å². The van der Waals surface area contributed by atoms with Crippen LogP contribution in [0.4, 0.5) is 0 Å². The fraction of sp³-hybridized carbons (Fsp3) is 0.625. The third-order valence-electron chi connectivity index (χ3n) is 4.40. The summed E-state index contributed by atoms with van der Waals surface area (Å²) in [6, 6.07) is 11.6. The molecule has 18 heavy (non-hydrogen) atoms. The predicted octanol–water partition coefficient (Wildman–Crippen LogP) is 3.02. The van der Waals surface area contributed by atoms with Crippen LogP contribution >= 0.6 is 0 Å². The zero-order valence-electron chi connectivity index (χ0n) is 11.7. The summed E-state index contributed by atoms with van der Waals surface area (Å²) in [5, 5.41) is 0. The van der Waals surface area contributed by atoms with E-state index in [9.17, 15) is 0 Å². The Labute approximate surface area is 111 Å². The lowest BCUT2D eigenvalue weighted by Crippen LogP contribution is -2.49. The smallest absolute Gasteiger partial charge is 0.0250 e. The van der Waals surface area contributed by atoms with Gasteiger partial charge in [0.25, 0.3) is 0 Å². The molecular weight excluding hydrogens is 220 g/mol. The first kappa shape index (κ1) is 13.6. The lowest BCUT2D eigenvalue weighted by Gasteiger charge is -2.39. The van der Waals surface area contributed by atoms with Gasteiger partial charge in [0, 0.05) is 18.6 Å². The summed E-state index contributed by atoms with van der Waals surface area (Å²) in [5.41, 5.74) is 7.69. The highest BCUT2D eigenvalue weighted by atomic mass is 15.1. The van der Waals surface area contributed by atoms with Crippen LogP contribution < -0.4 is 5.73 Å². The van der Waals surface area contributed by atoms with E-state index in [0.717, 1.165) is 12.5 Å². The van der Waals surface area contributed by atoms with Gasteiger partial charge in [0.05, 0.1) is 0 Å². The highest BCUT2D eigenvalue weighted by molar-refractivity contribution is 5.14. The first-order valence-electron chi connectivity index (χ1n) is 7.20. The van der Waals surface area contributed by atoms with Crippen LogP contribution in [0.5, 0.6) is 0 Å². The number of nitrogens with two attached hydrogens (primary N) is 1. The predicted molar refractivity (Wildman–Crippen MR) is 77.3 cm³/mol. The van der Waals surface area contributed by atoms with Gasteiger partial charge in [-0.3, -0.25) is 4.90 Å². The molecule has 3 atom stereocenters. The van der Waals surface area contributed by atoms with Gasteiger partial charge in [-0.2, -0.15) is 0 Å². The van der Waals surface area contributed by atoms with Gasteiger partial charge in [-0.15, -0.1) is 0 Å². The van der Waals surface area contributed by atoms with E-state index in [-0.39, 0.29) is 0 Å². The molecular formula is C16H26N2. The van der Waals surface area contributed by atoms with E-state index >= 15 is 0 Å². The molecule has 0 radical (unpaired) electrons. The Kier molecular flexibility index (Phi) is 4.79. The van der Waals surface area contributed by atoms with Crippen molar-refractivity contribution in [2.75, 3.05) is 7.05 Å². The second-order valence-electron chi connectivity index (χ2n) is 5.72. The van der Waals surface area contributed by atoms with Crippen LogP contribution in [-0.4, -0.2) is 24.0 Å². The standard InChI is InChI=1S/C16H26N2/c1-3-13-9-10-15(17)16(11-13)18(2)12-14-7-5-4-6-8-14/h4-8,13,15-16H,3,9-12,17H2,1-2H3. The highest BCUT2D eigenvalue weighted by Crippen LogP contribution is 2.29. The largest absolute Gasteiger partial charge is 0.326 e. The van der Waals surface area contributed by atoms with Crippen molar-refractivity contribution >= 4 is 0 Å². The Morgan fingerprint density at radius 3 is 2.61 bits per heavy atom. The van der Waals surface area contributed by atoms with Crippen LogP contribution in [-0.2, 0) is 6.54 Å². The van der Waals surface area contributed by atoms with E-state index in [4.69, 9.17) is 5.73 Å². The molecule has 100 valence electrons. The van der Waals surface area contributed by atoms with Crippen LogP contribution in [0.1, 0.15) is 38.2 Å². The maximum absolute atomic E-state index is 6.31. The van der Waals surface area contributed by atoms with Crippen LogP contribution in [0.2, 0.25) is 0 Å². The molecule has 0 amide bonds. The van der Waals surface area contributed by atoms with Crippen LogP contribution in [0.15, 0.2) is 30.3 Å². The van der Waals surface area contributed by atoms with Gasteiger partial charge in [-0.1, -0.05) is 43.7 Å². The van der Waals surface area contributed by atoms with Crippen molar-refractivity contribution in [3.63, 3.8) is 0 Å². The molecule has 2 nitrogen and oxygen atoms in total. The molecule has 0 aromatic heterocycles. The zero-order valence-corrected chi connectivity index (χ0v) is 11.7. The summed E-state index contributed by atoms with van der Waals surface area (Å²) in [6.45, 7) is 3.31. The summed E-state index contributed by atoms with van der Waals surface area (Å²) >= 11 is 0. The van der Waals surface area contributed by atoms with Crippen molar-refractivity contribution in [1.82, 2.24) is 4.90 Å². The Morgan fingerprint density at radius 2 is 1.94 bits per heavy atom. The lowest BCUT2D eigenvalue weighted by atomic mass is 9.80. The van der Waals surface area contributed by atoms with Gasteiger partial charge < -0.3 is 5.73 Å². The molecule has 2 rings (SSSR count). The Morgan fingerprint density at radius 1 is 1.22 bits per heavy atom. The first-order chi connectivity index (χ1) is 8.70. The quantitative estimate of drug-likeness (QED) is 0.885. The molecule has 0 heterocycles. The summed E-state index contributed by atoms with van der Waals surface area (Å²) in [4.78, 5) is 2.45. The monoisotopic (exact) mass is 246 g/mol. The lowest BCUT2D eigenvalue weighted by molar-refractivity contribution is 0.129. The van der Waals surface area contributed by atoms with Gasteiger partial charge >= 0.3 is 0 Å². The number of nitrogens with zero attached hydrogens (tertiary/aromatic N) is 1. The molecule has 1 aliphatic rings. The van der Waals surface area contributed by atoms with E-state index in [0.29, 0.717) is 12.1 Å². The van der Waals surface area contributed by atoms with Crippen molar-refractivity contribution < 1.29 is 0 Å². The number of likely N-dealkylation sites (N-methyl/N-ethyl adjacent to an activating group) is 1. The maximum atomic E-state index is 6.31. The summed E-state index contributed by atoms with van der Waals surface area (Å²) in [7, 11) is 2.22. The van der Waals surface area contributed by atoms with Crippen molar-refractivity contribution in [3.8, 4) is 0 Å². The fourth-order valence-corrected chi connectivity index (χ4v) is 3.12. The summed E-state index contributed by atoms with van der Waals surface area (Å²) in [6.07, 6.45) is 5.05. The molecule has 0 aliphatic heterocycles. The molecule has 1 aromatic carbocycles. The fourth-order valence-electron chi connectivity index (χ4n) is 3.12. The van der Waals surface area contributed by atoms with Crippen molar-refractivity contribution in [2.45, 2.75) is 51.2 Å². The van der Waals surface area contributed by atoms with E-state index in [1.807, 2.05) is 0 Å². The van der Waals surface area contributed by atoms with Crippen molar-refractivity contribution in [1.29, 1.82) is 0 Å². The maximum Gasteiger partial charge on any atom is 0.0250 e. The second kappa shape index (κ2) is 6.35. The minimum absolute atomic E-state index is 0.349. The van der Waals surface area contributed by atoms with Gasteiger partial charge in [-0.25, -0.2) is 0 Å². The highest BCUT2D eigenvalue weighted by Gasteiger charge is 2.29. The molecule has 1 aromatic rings. The average Bonchev–Trinajstić information content (AvgIpc) is 2.40. The third kappa shape index (κ3) is 3.33. The topological polar surface area (TPSA) is 29.3 Å².